The number of aliphatic hydroxyl groups excluding tert-OH is 1. The van der Waals surface area contributed by atoms with Crippen LogP contribution in [-0.4, -0.2) is 17.5 Å². The van der Waals surface area contributed by atoms with Crippen LogP contribution in [0.2, 0.25) is 0 Å². The van der Waals surface area contributed by atoms with E-state index in [9.17, 15) is 4.79 Å². The Kier molecular flexibility index (Phi) is 10.4. The molecule has 0 aromatic rings. The molecule has 2 heteroatoms. The van der Waals surface area contributed by atoms with Crippen LogP contribution in [0.3, 0.4) is 0 Å². The van der Waals surface area contributed by atoms with Crippen molar-refractivity contribution in [3.05, 3.63) is 0 Å². The largest absolute Gasteiger partial charge is 0.396 e. The quantitative estimate of drug-likeness (QED) is 0.550. The molecule has 0 heterocycles. The highest BCUT2D eigenvalue weighted by molar-refractivity contribution is 5.78. The molecular weight excluding hydrogens is 176 g/mol. The molecule has 0 aliphatic rings. The predicted molar refractivity (Wildman–Crippen MR) is 59.3 cm³/mol. The molecule has 0 aliphatic carbocycles. The third kappa shape index (κ3) is 9.72. The predicted octanol–water partition coefficient (Wildman–Crippen LogP) is 3.08. The highest BCUT2D eigenvalue weighted by Gasteiger charge is 2.00. The third-order valence-electron chi connectivity index (χ3n) is 2.42. The highest BCUT2D eigenvalue weighted by atomic mass is 16.2. The first-order valence-corrected chi connectivity index (χ1v) is 5.93. The van der Waals surface area contributed by atoms with Crippen molar-refractivity contribution in [1.29, 1.82) is 0 Å². The van der Waals surface area contributed by atoms with E-state index in [2.05, 4.69) is 6.92 Å². The first-order valence-electron chi connectivity index (χ1n) is 5.93. The Balaban J connectivity index is 3.07. The van der Waals surface area contributed by atoms with Crippen LogP contribution in [0, 0.1) is 0 Å². The first-order chi connectivity index (χ1) is 6.81. The second-order valence-electron chi connectivity index (χ2n) is 3.88. The van der Waals surface area contributed by atoms with Gasteiger partial charge in [-0.1, -0.05) is 32.6 Å². The molecule has 0 unspecified atom stereocenters. The molecule has 0 spiro atoms. The fourth-order valence-corrected chi connectivity index (χ4v) is 1.46. The van der Waals surface area contributed by atoms with Crippen molar-refractivity contribution in [3.63, 3.8) is 0 Å². The van der Waals surface area contributed by atoms with Crippen molar-refractivity contribution in [2.45, 2.75) is 64.7 Å². The highest BCUT2D eigenvalue weighted by Crippen LogP contribution is 2.07. The van der Waals surface area contributed by atoms with Gasteiger partial charge in [0.25, 0.3) is 0 Å². The summed E-state index contributed by atoms with van der Waals surface area (Å²) in [6, 6.07) is 0. The lowest BCUT2D eigenvalue weighted by Gasteiger charge is -2.00. The van der Waals surface area contributed by atoms with E-state index >= 15 is 0 Å². The van der Waals surface area contributed by atoms with Gasteiger partial charge in [0.1, 0.15) is 5.78 Å². The van der Waals surface area contributed by atoms with E-state index in [0.29, 0.717) is 12.4 Å². The van der Waals surface area contributed by atoms with E-state index in [-0.39, 0.29) is 0 Å². The standard InChI is InChI=1S/C12H24O2/c1-2-3-9-12(14)10-7-5-4-6-8-11-13/h13H,2-11H2,1H3. The number of rotatable bonds is 10. The molecule has 1 N–H and O–H groups in total. The van der Waals surface area contributed by atoms with E-state index in [4.69, 9.17) is 5.11 Å². The van der Waals surface area contributed by atoms with Crippen LogP contribution in [0.4, 0.5) is 0 Å². The molecular formula is C12H24O2. The molecule has 0 aromatic carbocycles. The second-order valence-corrected chi connectivity index (χ2v) is 3.88. The zero-order valence-electron chi connectivity index (χ0n) is 9.43. The minimum absolute atomic E-state index is 0.301. The average molecular weight is 200 g/mol. The van der Waals surface area contributed by atoms with Crippen molar-refractivity contribution in [1.82, 2.24) is 0 Å². The zero-order valence-corrected chi connectivity index (χ0v) is 9.43. The maximum absolute atomic E-state index is 11.3. The van der Waals surface area contributed by atoms with Crippen LogP contribution in [-0.2, 0) is 4.79 Å². The lowest BCUT2D eigenvalue weighted by atomic mass is 10.1. The minimum atomic E-state index is 0.301. The van der Waals surface area contributed by atoms with Gasteiger partial charge in [-0.15, -0.1) is 0 Å². The fourth-order valence-electron chi connectivity index (χ4n) is 1.46. The lowest BCUT2D eigenvalue weighted by molar-refractivity contribution is -0.119. The zero-order chi connectivity index (χ0) is 10.6. The Morgan fingerprint density at radius 1 is 0.929 bits per heavy atom. The summed E-state index contributed by atoms with van der Waals surface area (Å²) in [5, 5.41) is 8.55. The molecule has 0 fully saturated rings. The number of carbonyl (C=O) groups excluding carboxylic acids is 1. The van der Waals surface area contributed by atoms with Gasteiger partial charge in [0, 0.05) is 19.4 Å². The van der Waals surface area contributed by atoms with Crippen molar-refractivity contribution in [3.8, 4) is 0 Å². The maximum Gasteiger partial charge on any atom is 0.132 e. The molecule has 0 saturated heterocycles. The van der Waals surface area contributed by atoms with Crippen molar-refractivity contribution >= 4 is 5.78 Å². The van der Waals surface area contributed by atoms with Gasteiger partial charge in [-0.25, -0.2) is 0 Å². The molecule has 0 bridgehead atoms. The SMILES string of the molecule is CCCCC(=O)CCCCCCCO. The van der Waals surface area contributed by atoms with Gasteiger partial charge in [-0.05, 0) is 19.3 Å². The third-order valence-corrected chi connectivity index (χ3v) is 2.42. The summed E-state index contributed by atoms with van der Waals surface area (Å²) in [5.74, 6) is 0.425. The van der Waals surface area contributed by atoms with E-state index < -0.39 is 0 Å². The van der Waals surface area contributed by atoms with Crippen LogP contribution in [0.15, 0.2) is 0 Å². The van der Waals surface area contributed by atoms with Crippen molar-refractivity contribution in [2.75, 3.05) is 6.61 Å². The Hall–Kier alpha value is -0.370. The smallest absolute Gasteiger partial charge is 0.132 e. The number of carbonyl (C=O) groups is 1. The molecule has 14 heavy (non-hydrogen) atoms. The molecule has 2 nitrogen and oxygen atoms in total. The second kappa shape index (κ2) is 10.7. The molecule has 0 amide bonds. The van der Waals surface area contributed by atoms with Gasteiger partial charge in [0.05, 0.1) is 0 Å². The Morgan fingerprint density at radius 3 is 2.14 bits per heavy atom. The van der Waals surface area contributed by atoms with Crippen molar-refractivity contribution < 1.29 is 9.90 Å². The first kappa shape index (κ1) is 13.6. The van der Waals surface area contributed by atoms with Gasteiger partial charge in [0.15, 0.2) is 0 Å². The van der Waals surface area contributed by atoms with Crippen LogP contribution < -0.4 is 0 Å². The van der Waals surface area contributed by atoms with Gasteiger partial charge < -0.3 is 5.11 Å². The number of Topliss-reactive ketones (excluding diaryl/α,β-unsaturated/α-hetero) is 1. The van der Waals surface area contributed by atoms with E-state index in [1.807, 2.05) is 0 Å². The van der Waals surface area contributed by atoms with E-state index in [1.54, 1.807) is 0 Å². The van der Waals surface area contributed by atoms with Crippen molar-refractivity contribution in [2.24, 2.45) is 0 Å². The molecule has 0 aliphatic heterocycles. The number of hydrogen-bond acceptors (Lipinski definition) is 2. The number of aliphatic hydroxyl groups is 1. The summed E-state index contributed by atoms with van der Waals surface area (Å²) in [7, 11) is 0. The normalized spacial score (nSPS) is 10.4. The minimum Gasteiger partial charge on any atom is -0.396 e. The summed E-state index contributed by atoms with van der Waals surface area (Å²) in [4.78, 5) is 11.3. The Bertz CT molecular complexity index is 132. The fraction of sp³-hybridized carbons (Fsp3) is 0.917. The van der Waals surface area contributed by atoms with E-state index in [0.717, 1.165) is 57.8 Å². The van der Waals surface area contributed by atoms with Crippen LogP contribution in [0.5, 0.6) is 0 Å². The summed E-state index contributed by atoms with van der Waals surface area (Å²) in [5.41, 5.74) is 0. The van der Waals surface area contributed by atoms with Crippen LogP contribution in [0.1, 0.15) is 64.7 Å². The molecule has 0 aromatic heterocycles. The number of unbranched alkanes of at least 4 members (excludes halogenated alkanes) is 5. The summed E-state index contributed by atoms with van der Waals surface area (Å²) >= 11 is 0. The average Bonchev–Trinajstić information content (AvgIpc) is 2.20. The lowest BCUT2D eigenvalue weighted by Crippen LogP contribution is -1.97. The monoisotopic (exact) mass is 200 g/mol. The van der Waals surface area contributed by atoms with Crippen LogP contribution >= 0.6 is 0 Å². The topological polar surface area (TPSA) is 37.3 Å². The molecule has 84 valence electrons. The summed E-state index contributed by atoms with van der Waals surface area (Å²) < 4.78 is 0. The van der Waals surface area contributed by atoms with Gasteiger partial charge in [-0.2, -0.15) is 0 Å². The summed E-state index contributed by atoms with van der Waals surface area (Å²) in [6.07, 6.45) is 9.02. The van der Waals surface area contributed by atoms with Gasteiger partial charge in [0.2, 0.25) is 0 Å². The molecule has 0 rings (SSSR count). The number of ketones is 1. The van der Waals surface area contributed by atoms with Crippen LogP contribution in [0.25, 0.3) is 0 Å². The maximum atomic E-state index is 11.3. The van der Waals surface area contributed by atoms with Gasteiger partial charge in [-0.3, -0.25) is 4.79 Å². The number of hydrogen-bond donors (Lipinski definition) is 1. The Labute approximate surface area is 87.7 Å². The molecule has 0 saturated carbocycles. The Morgan fingerprint density at radius 2 is 1.50 bits per heavy atom. The van der Waals surface area contributed by atoms with E-state index in [1.165, 1.54) is 0 Å². The molecule has 0 radical (unpaired) electrons. The van der Waals surface area contributed by atoms with Gasteiger partial charge >= 0.3 is 0 Å². The summed E-state index contributed by atoms with van der Waals surface area (Å²) in [6.45, 7) is 2.41. The molecule has 0 atom stereocenters.